The molecule has 1 spiro atoms. The maximum Gasteiger partial charge on any atom is 0.282 e. The molecule has 0 atom stereocenters. The summed E-state index contributed by atoms with van der Waals surface area (Å²) < 4.78 is 1.18. The Morgan fingerprint density at radius 1 is 1.12 bits per heavy atom. The van der Waals surface area contributed by atoms with Crippen molar-refractivity contribution < 1.29 is 0 Å². The van der Waals surface area contributed by atoms with Crippen LogP contribution in [0.4, 0.5) is 5.95 Å². The summed E-state index contributed by atoms with van der Waals surface area (Å²) in [5, 5.41) is 8.56. The molecule has 1 aliphatic heterocycles. The molecule has 1 aromatic carbocycles. The molecule has 6 rings (SSSR count). The summed E-state index contributed by atoms with van der Waals surface area (Å²) in [6.07, 6.45) is 12.9. The SMILES string of the molecule is CN1C=C2CC(Nc3ncc4c(=O)n(-c5c(Cl)cccc5Cl)ncc4n3)=CC=C2C2(CC2)C1. The second kappa shape index (κ2) is 7.43. The van der Waals surface area contributed by atoms with E-state index in [2.05, 4.69) is 50.7 Å². The highest BCUT2D eigenvalue weighted by atomic mass is 35.5. The molecule has 33 heavy (non-hydrogen) atoms. The Morgan fingerprint density at radius 3 is 2.67 bits per heavy atom. The van der Waals surface area contributed by atoms with Gasteiger partial charge >= 0.3 is 0 Å². The lowest BCUT2D eigenvalue weighted by molar-refractivity contribution is 0.350. The zero-order valence-electron chi connectivity index (χ0n) is 17.8. The van der Waals surface area contributed by atoms with E-state index in [0.717, 1.165) is 18.7 Å². The van der Waals surface area contributed by atoms with E-state index in [1.807, 2.05) is 0 Å². The number of hydrogen-bond acceptors (Lipinski definition) is 6. The maximum absolute atomic E-state index is 13.0. The number of fused-ring (bicyclic) bond motifs is 3. The van der Waals surface area contributed by atoms with Gasteiger partial charge in [0.25, 0.3) is 5.56 Å². The Hall–Kier alpha value is -3.16. The molecule has 0 saturated heterocycles. The molecule has 7 nitrogen and oxygen atoms in total. The summed E-state index contributed by atoms with van der Waals surface area (Å²) in [7, 11) is 2.14. The summed E-state index contributed by atoms with van der Waals surface area (Å²) >= 11 is 12.5. The molecule has 3 heterocycles. The molecule has 1 fully saturated rings. The average molecular weight is 479 g/mol. The normalized spacial score (nSPS) is 18.5. The van der Waals surface area contributed by atoms with Gasteiger partial charge in [0.15, 0.2) is 0 Å². The van der Waals surface area contributed by atoms with Gasteiger partial charge in [-0.1, -0.05) is 35.3 Å². The van der Waals surface area contributed by atoms with Crippen LogP contribution in [0.15, 0.2) is 70.6 Å². The standard InChI is InChI=1S/C24H20Cl2N6O/c1-31-12-14-9-15(5-6-17(14)24(13-31)7-8-24)29-23-27-10-16-20(30-23)11-28-32(22(16)33)21-18(25)3-2-4-19(21)26/h2-6,10-12H,7-9,13H2,1H3,(H,27,29,30). The van der Waals surface area contributed by atoms with Crippen molar-refractivity contribution in [3.05, 3.63) is 86.2 Å². The van der Waals surface area contributed by atoms with E-state index < -0.39 is 0 Å². The van der Waals surface area contributed by atoms with Crippen LogP contribution in [0.25, 0.3) is 16.6 Å². The van der Waals surface area contributed by atoms with E-state index in [-0.39, 0.29) is 5.56 Å². The van der Waals surface area contributed by atoms with Crippen molar-refractivity contribution in [1.29, 1.82) is 0 Å². The maximum atomic E-state index is 13.0. The van der Waals surface area contributed by atoms with Crippen LogP contribution in [0.3, 0.4) is 0 Å². The first-order valence-corrected chi connectivity index (χ1v) is 11.5. The molecule has 0 radical (unpaired) electrons. The molecule has 3 aromatic rings. The smallest absolute Gasteiger partial charge is 0.282 e. The number of allylic oxidation sites excluding steroid dienone is 3. The van der Waals surface area contributed by atoms with E-state index in [0.29, 0.717) is 38.0 Å². The van der Waals surface area contributed by atoms with Gasteiger partial charge in [-0.25, -0.2) is 9.97 Å². The van der Waals surface area contributed by atoms with Crippen LogP contribution in [0.1, 0.15) is 19.3 Å². The highest BCUT2D eigenvalue weighted by Gasteiger charge is 2.49. The lowest BCUT2D eigenvalue weighted by Gasteiger charge is -2.35. The van der Waals surface area contributed by atoms with Crippen molar-refractivity contribution >= 4 is 40.1 Å². The van der Waals surface area contributed by atoms with Gasteiger partial charge in [-0.05, 0) is 42.2 Å². The molecule has 0 unspecified atom stereocenters. The summed E-state index contributed by atoms with van der Waals surface area (Å²) in [6.45, 7) is 1.09. The van der Waals surface area contributed by atoms with E-state index in [1.54, 1.807) is 18.2 Å². The molecule has 166 valence electrons. The van der Waals surface area contributed by atoms with Gasteiger partial charge in [0.2, 0.25) is 5.95 Å². The molecule has 9 heteroatoms. The number of halogens is 2. The summed E-state index contributed by atoms with van der Waals surface area (Å²) in [6, 6.07) is 5.03. The summed E-state index contributed by atoms with van der Waals surface area (Å²) in [4.78, 5) is 24.2. The number of hydrogen-bond donors (Lipinski definition) is 1. The minimum absolute atomic E-state index is 0.332. The first kappa shape index (κ1) is 20.4. The van der Waals surface area contributed by atoms with E-state index in [4.69, 9.17) is 23.2 Å². The highest BCUT2D eigenvalue weighted by Crippen LogP contribution is 2.57. The minimum Gasteiger partial charge on any atom is -0.379 e. The fourth-order valence-electron chi connectivity index (χ4n) is 4.81. The topological polar surface area (TPSA) is 75.9 Å². The largest absolute Gasteiger partial charge is 0.379 e. The van der Waals surface area contributed by atoms with Crippen molar-refractivity contribution in [1.82, 2.24) is 24.6 Å². The van der Waals surface area contributed by atoms with Crippen LogP contribution in [0.5, 0.6) is 0 Å². The molecule has 3 aliphatic rings. The Labute approximate surface area is 200 Å². The number of rotatable bonds is 3. The van der Waals surface area contributed by atoms with Crippen molar-refractivity contribution in [2.75, 3.05) is 18.9 Å². The number of nitrogens with zero attached hydrogens (tertiary/aromatic N) is 5. The van der Waals surface area contributed by atoms with Crippen LogP contribution in [-0.4, -0.2) is 38.2 Å². The molecule has 2 aromatic heterocycles. The number of aromatic nitrogens is 4. The Balaban J connectivity index is 1.32. The van der Waals surface area contributed by atoms with Gasteiger partial charge in [0.1, 0.15) is 11.2 Å². The van der Waals surface area contributed by atoms with Crippen molar-refractivity contribution in [2.45, 2.75) is 19.3 Å². The number of para-hydroxylation sites is 1. The van der Waals surface area contributed by atoms with Gasteiger partial charge in [-0.15, -0.1) is 0 Å². The molecule has 0 amide bonds. The van der Waals surface area contributed by atoms with Crippen LogP contribution in [0.2, 0.25) is 10.0 Å². The molecular formula is C24H20Cl2N6O. The second-order valence-corrected chi connectivity index (χ2v) is 9.66. The highest BCUT2D eigenvalue weighted by molar-refractivity contribution is 6.37. The monoisotopic (exact) mass is 478 g/mol. The lowest BCUT2D eigenvalue weighted by Crippen LogP contribution is -2.31. The summed E-state index contributed by atoms with van der Waals surface area (Å²) in [5.41, 5.74) is 4.56. The third kappa shape index (κ3) is 3.43. The van der Waals surface area contributed by atoms with Crippen molar-refractivity contribution in [3.63, 3.8) is 0 Å². The van der Waals surface area contributed by atoms with Gasteiger partial charge in [-0.3, -0.25) is 4.79 Å². The minimum atomic E-state index is -0.386. The quantitative estimate of drug-likeness (QED) is 0.586. The fraction of sp³-hybridized carbons (Fsp3) is 0.250. The summed E-state index contributed by atoms with van der Waals surface area (Å²) in [5.74, 6) is 0.422. The molecular weight excluding hydrogens is 459 g/mol. The molecule has 2 aliphatic carbocycles. The number of anilines is 1. The molecule has 1 N–H and O–H groups in total. The Morgan fingerprint density at radius 2 is 1.91 bits per heavy atom. The molecule has 1 saturated carbocycles. The number of nitrogens with one attached hydrogen (secondary N) is 1. The number of benzene rings is 1. The van der Waals surface area contributed by atoms with Crippen LogP contribution in [0, 0.1) is 5.41 Å². The van der Waals surface area contributed by atoms with Gasteiger partial charge in [0.05, 0.1) is 21.6 Å². The van der Waals surface area contributed by atoms with Crippen molar-refractivity contribution in [3.8, 4) is 5.69 Å². The van der Waals surface area contributed by atoms with Crippen molar-refractivity contribution in [2.24, 2.45) is 5.41 Å². The second-order valence-electron chi connectivity index (χ2n) is 8.85. The molecule has 0 bridgehead atoms. The van der Waals surface area contributed by atoms with E-state index in [9.17, 15) is 4.79 Å². The zero-order chi connectivity index (χ0) is 22.7. The van der Waals surface area contributed by atoms with Crippen LogP contribution >= 0.6 is 23.2 Å². The van der Waals surface area contributed by atoms with Crippen LogP contribution in [-0.2, 0) is 0 Å². The third-order valence-corrected chi connectivity index (χ3v) is 7.10. The predicted molar refractivity (Wildman–Crippen MR) is 130 cm³/mol. The Bertz CT molecular complexity index is 1450. The van der Waals surface area contributed by atoms with E-state index in [1.165, 1.54) is 41.1 Å². The average Bonchev–Trinajstić information content (AvgIpc) is 3.54. The van der Waals surface area contributed by atoms with E-state index >= 15 is 0 Å². The van der Waals surface area contributed by atoms with Gasteiger partial charge in [-0.2, -0.15) is 9.78 Å². The fourth-order valence-corrected chi connectivity index (χ4v) is 5.37. The van der Waals surface area contributed by atoms with Crippen LogP contribution < -0.4 is 10.9 Å². The Kier molecular flexibility index (Phi) is 4.61. The predicted octanol–water partition coefficient (Wildman–Crippen LogP) is 4.72. The third-order valence-electron chi connectivity index (χ3n) is 6.49. The van der Waals surface area contributed by atoms with Gasteiger partial charge in [0, 0.05) is 43.5 Å². The first-order valence-electron chi connectivity index (χ1n) is 10.7. The zero-order valence-corrected chi connectivity index (χ0v) is 19.4. The first-order chi connectivity index (χ1) is 15.9. The lowest BCUT2D eigenvalue weighted by atomic mass is 9.82. The van der Waals surface area contributed by atoms with Gasteiger partial charge < -0.3 is 10.2 Å².